The second-order valence-electron chi connectivity index (χ2n) is 5.64. The molecule has 0 saturated heterocycles. The summed E-state index contributed by atoms with van der Waals surface area (Å²) in [6, 6.07) is 7.64. The van der Waals surface area contributed by atoms with Crippen LogP contribution in [0.5, 0.6) is 0 Å². The number of hydrogen-bond donors (Lipinski definition) is 2. The highest BCUT2D eigenvalue weighted by molar-refractivity contribution is 5.94. The van der Waals surface area contributed by atoms with Crippen LogP contribution in [0.2, 0.25) is 0 Å². The number of hydrogen-bond acceptors (Lipinski definition) is 3. The minimum Gasteiger partial charge on any atom is -0.375 e. The molecule has 1 aromatic rings. The van der Waals surface area contributed by atoms with Gasteiger partial charge in [0, 0.05) is 36.9 Å². The number of nitrogens with zero attached hydrogens (tertiary/aromatic N) is 1. The molecule has 0 saturated carbocycles. The summed E-state index contributed by atoms with van der Waals surface area (Å²) < 4.78 is 0. The fourth-order valence-corrected chi connectivity index (χ4v) is 1.74. The average molecular weight is 336 g/mol. The van der Waals surface area contributed by atoms with E-state index < -0.39 is 5.54 Å². The molecule has 0 aliphatic heterocycles. The van der Waals surface area contributed by atoms with Crippen molar-refractivity contribution in [1.82, 2.24) is 5.32 Å². The quantitative estimate of drug-likeness (QED) is 0.840. The van der Waals surface area contributed by atoms with Crippen molar-refractivity contribution in [2.24, 2.45) is 5.73 Å². The molecule has 0 atom stereocenters. The van der Waals surface area contributed by atoms with Gasteiger partial charge in [0.25, 0.3) is 5.91 Å². The van der Waals surface area contributed by atoms with E-state index in [1.54, 1.807) is 0 Å². The van der Waals surface area contributed by atoms with E-state index in [9.17, 15) is 4.79 Å². The Labute approximate surface area is 140 Å². The third-order valence-corrected chi connectivity index (χ3v) is 2.83. The van der Waals surface area contributed by atoms with Crippen LogP contribution >= 0.6 is 24.8 Å². The summed E-state index contributed by atoms with van der Waals surface area (Å²) >= 11 is 0. The topological polar surface area (TPSA) is 58.4 Å². The predicted molar refractivity (Wildman–Crippen MR) is 95.1 cm³/mol. The Morgan fingerprint density at radius 1 is 1.24 bits per heavy atom. The van der Waals surface area contributed by atoms with Crippen LogP contribution in [-0.2, 0) is 0 Å². The van der Waals surface area contributed by atoms with Gasteiger partial charge in [0.05, 0.1) is 0 Å². The minimum absolute atomic E-state index is 0. The number of carbonyl (C=O) groups excluding carboxylic acids is 1. The van der Waals surface area contributed by atoms with Gasteiger partial charge in [-0.05, 0) is 44.5 Å². The molecule has 0 radical (unpaired) electrons. The normalized spacial score (nSPS) is 10.1. The number of carbonyl (C=O) groups is 1. The zero-order valence-corrected chi connectivity index (χ0v) is 14.8. The van der Waals surface area contributed by atoms with Gasteiger partial charge in [-0.15, -0.1) is 24.8 Å². The fraction of sp³-hybridized carbons (Fsp3) is 0.533. The SMILES string of the molecule is CCCN(C)c1ccc(C(=O)NCC(C)(C)N)cc1.Cl.Cl. The summed E-state index contributed by atoms with van der Waals surface area (Å²) in [6.45, 7) is 7.38. The first kappa shape index (κ1) is 22.3. The molecule has 21 heavy (non-hydrogen) atoms. The number of benzene rings is 1. The Hall–Kier alpha value is -0.970. The Balaban J connectivity index is 0. The summed E-state index contributed by atoms with van der Waals surface area (Å²) in [6.07, 6.45) is 1.10. The molecule has 0 fully saturated rings. The highest BCUT2D eigenvalue weighted by Crippen LogP contribution is 2.14. The molecular formula is C15H27Cl2N3O. The van der Waals surface area contributed by atoms with E-state index >= 15 is 0 Å². The van der Waals surface area contributed by atoms with Crippen molar-refractivity contribution in [2.45, 2.75) is 32.7 Å². The molecule has 0 unspecified atom stereocenters. The van der Waals surface area contributed by atoms with Crippen LogP contribution in [0.1, 0.15) is 37.6 Å². The number of rotatable bonds is 6. The second-order valence-corrected chi connectivity index (χ2v) is 5.64. The summed E-state index contributed by atoms with van der Waals surface area (Å²) in [5.74, 6) is -0.0804. The van der Waals surface area contributed by atoms with Crippen molar-refractivity contribution in [2.75, 3.05) is 25.0 Å². The number of nitrogens with one attached hydrogen (secondary N) is 1. The second kappa shape index (κ2) is 9.87. The van der Waals surface area contributed by atoms with Crippen molar-refractivity contribution in [3.05, 3.63) is 29.8 Å². The van der Waals surface area contributed by atoms with Crippen molar-refractivity contribution >= 4 is 36.4 Å². The molecule has 1 rings (SSSR count). The highest BCUT2D eigenvalue weighted by atomic mass is 35.5. The molecule has 1 aromatic carbocycles. The number of amides is 1. The Bertz CT molecular complexity index is 416. The highest BCUT2D eigenvalue weighted by Gasteiger charge is 2.13. The molecule has 0 aliphatic rings. The van der Waals surface area contributed by atoms with Gasteiger partial charge in [-0.25, -0.2) is 0 Å². The van der Waals surface area contributed by atoms with E-state index in [1.165, 1.54) is 0 Å². The van der Waals surface area contributed by atoms with E-state index in [2.05, 4.69) is 24.2 Å². The largest absolute Gasteiger partial charge is 0.375 e. The van der Waals surface area contributed by atoms with E-state index in [4.69, 9.17) is 5.73 Å². The van der Waals surface area contributed by atoms with Gasteiger partial charge in [-0.1, -0.05) is 6.92 Å². The lowest BCUT2D eigenvalue weighted by atomic mass is 10.1. The first-order valence-electron chi connectivity index (χ1n) is 6.72. The molecule has 3 N–H and O–H groups in total. The number of halogens is 2. The van der Waals surface area contributed by atoms with Crippen molar-refractivity contribution in [3.8, 4) is 0 Å². The maximum absolute atomic E-state index is 11.9. The number of anilines is 1. The van der Waals surface area contributed by atoms with Crippen molar-refractivity contribution in [1.29, 1.82) is 0 Å². The van der Waals surface area contributed by atoms with Crippen LogP contribution < -0.4 is 16.0 Å². The first-order valence-corrected chi connectivity index (χ1v) is 6.72. The molecule has 4 nitrogen and oxygen atoms in total. The lowest BCUT2D eigenvalue weighted by molar-refractivity contribution is 0.0946. The van der Waals surface area contributed by atoms with Gasteiger partial charge in [0.1, 0.15) is 0 Å². The fourth-order valence-electron chi connectivity index (χ4n) is 1.74. The zero-order chi connectivity index (χ0) is 14.5. The number of nitrogens with two attached hydrogens (primary N) is 1. The van der Waals surface area contributed by atoms with Gasteiger partial charge in [0.2, 0.25) is 0 Å². The van der Waals surface area contributed by atoms with Gasteiger partial charge in [-0.2, -0.15) is 0 Å². The standard InChI is InChI=1S/C15H25N3O.2ClH/c1-5-10-18(4)13-8-6-12(7-9-13)14(19)17-11-15(2,3)16;;/h6-9H,5,10-11,16H2,1-4H3,(H,17,19);2*1H. The van der Waals surface area contributed by atoms with Crippen LogP contribution in [-0.4, -0.2) is 31.6 Å². The third kappa shape index (κ3) is 8.15. The maximum Gasteiger partial charge on any atom is 0.251 e. The van der Waals surface area contributed by atoms with Crippen molar-refractivity contribution in [3.63, 3.8) is 0 Å². The molecule has 0 bridgehead atoms. The Morgan fingerprint density at radius 3 is 2.19 bits per heavy atom. The zero-order valence-electron chi connectivity index (χ0n) is 13.2. The van der Waals surface area contributed by atoms with Gasteiger partial charge in [-0.3, -0.25) is 4.79 Å². The monoisotopic (exact) mass is 335 g/mol. The van der Waals surface area contributed by atoms with Crippen molar-refractivity contribution < 1.29 is 4.79 Å². The van der Waals surface area contributed by atoms with Crippen LogP contribution in [0.15, 0.2) is 24.3 Å². The first-order chi connectivity index (χ1) is 8.83. The molecule has 0 heterocycles. The summed E-state index contributed by atoms with van der Waals surface area (Å²) in [5.41, 5.74) is 7.23. The molecule has 6 heteroatoms. The van der Waals surface area contributed by atoms with Crippen LogP contribution in [0.25, 0.3) is 0 Å². The van der Waals surface area contributed by atoms with Crippen LogP contribution in [0.3, 0.4) is 0 Å². The van der Waals surface area contributed by atoms with Gasteiger partial charge < -0.3 is 16.0 Å². The molecule has 122 valence electrons. The third-order valence-electron chi connectivity index (χ3n) is 2.83. The molecular weight excluding hydrogens is 309 g/mol. The lowest BCUT2D eigenvalue weighted by Crippen LogP contribution is -2.45. The van der Waals surface area contributed by atoms with Crippen LogP contribution in [0, 0.1) is 0 Å². The van der Waals surface area contributed by atoms with E-state index in [0.29, 0.717) is 12.1 Å². The average Bonchev–Trinajstić information content (AvgIpc) is 2.35. The summed E-state index contributed by atoms with van der Waals surface area (Å²) in [5, 5.41) is 2.84. The van der Waals surface area contributed by atoms with Gasteiger partial charge in [0.15, 0.2) is 0 Å². The molecule has 0 spiro atoms. The smallest absolute Gasteiger partial charge is 0.251 e. The maximum atomic E-state index is 11.9. The molecule has 1 amide bonds. The molecule has 0 aliphatic carbocycles. The summed E-state index contributed by atoms with van der Waals surface area (Å²) in [7, 11) is 2.05. The van der Waals surface area contributed by atoms with E-state index in [-0.39, 0.29) is 30.7 Å². The summed E-state index contributed by atoms with van der Waals surface area (Å²) in [4.78, 5) is 14.1. The van der Waals surface area contributed by atoms with Crippen LogP contribution in [0.4, 0.5) is 5.69 Å². The predicted octanol–water partition coefficient (Wildman–Crippen LogP) is 2.84. The van der Waals surface area contributed by atoms with E-state index in [0.717, 1.165) is 18.7 Å². The Morgan fingerprint density at radius 2 is 1.76 bits per heavy atom. The minimum atomic E-state index is -0.392. The van der Waals surface area contributed by atoms with Gasteiger partial charge >= 0.3 is 0 Å². The van der Waals surface area contributed by atoms with E-state index in [1.807, 2.05) is 38.1 Å². The Kier molecular flexibility index (Phi) is 10.5. The lowest BCUT2D eigenvalue weighted by Gasteiger charge is -2.20. The molecule has 0 aromatic heterocycles.